The van der Waals surface area contributed by atoms with Crippen molar-refractivity contribution in [2.24, 2.45) is 0 Å². The molecule has 128 valence electrons. The van der Waals surface area contributed by atoms with Crippen LogP contribution in [0.3, 0.4) is 0 Å². The Morgan fingerprint density at radius 3 is 2.88 bits per heavy atom. The Hall–Kier alpha value is -2.14. The van der Waals surface area contributed by atoms with Gasteiger partial charge in [0.15, 0.2) is 6.61 Å². The van der Waals surface area contributed by atoms with E-state index < -0.39 is 0 Å². The van der Waals surface area contributed by atoms with Gasteiger partial charge in [0.1, 0.15) is 5.75 Å². The van der Waals surface area contributed by atoms with Crippen molar-refractivity contribution in [2.75, 3.05) is 6.61 Å². The smallest absolute Gasteiger partial charge is 0.253 e. The van der Waals surface area contributed by atoms with Crippen LogP contribution in [0.2, 0.25) is 0 Å². The van der Waals surface area contributed by atoms with Crippen LogP contribution in [0.4, 0.5) is 0 Å². The molecule has 1 saturated heterocycles. The van der Waals surface area contributed by atoms with Gasteiger partial charge in [0, 0.05) is 6.61 Å². The van der Waals surface area contributed by atoms with Crippen molar-refractivity contribution in [2.45, 2.75) is 52.2 Å². The monoisotopic (exact) mass is 328 g/mol. The fourth-order valence-corrected chi connectivity index (χ4v) is 2.94. The number of ether oxygens (including phenoxy) is 2. The molecule has 24 heavy (non-hydrogen) atoms. The van der Waals surface area contributed by atoms with Gasteiger partial charge in [-0.25, -0.2) is 0 Å². The molecular formula is C19H24N2O3. The molecular weight excluding hydrogens is 304 g/mol. The summed E-state index contributed by atoms with van der Waals surface area (Å²) < 4.78 is 17.4. The molecule has 1 aliphatic rings. The van der Waals surface area contributed by atoms with Gasteiger partial charge in [0.25, 0.3) is 5.89 Å². The van der Waals surface area contributed by atoms with Crippen molar-refractivity contribution >= 4 is 0 Å². The molecule has 0 saturated carbocycles. The number of aromatic nitrogens is 2. The number of aryl methyl sites for hydroxylation is 2. The van der Waals surface area contributed by atoms with Crippen LogP contribution >= 0.6 is 0 Å². The molecule has 3 rings (SSSR count). The first-order valence-electron chi connectivity index (χ1n) is 8.34. The molecule has 1 aliphatic heterocycles. The van der Waals surface area contributed by atoms with Crippen LogP contribution in [-0.4, -0.2) is 22.9 Å². The van der Waals surface area contributed by atoms with Crippen LogP contribution in [-0.2, 0) is 11.3 Å². The molecule has 0 amide bonds. The lowest BCUT2D eigenvalue weighted by molar-refractivity contribution is 0.0152. The highest BCUT2D eigenvalue weighted by molar-refractivity contribution is 5.33. The van der Waals surface area contributed by atoms with Crippen molar-refractivity contribution < 1.29 is 13.9 Å². The van der Waals surface area contributed by atoms with Crippen LogP contribution in [0.25, 0.3) is 0 Å². The lowest BCUT2D eigenvalue weighted by Gasteiger charge is -2.29. The normalized spacial score (nSPS) is 20.8. The van der Waals surface area contributed by atoms with Crippen LogP contribution < -0.4 is 4.74 Å². The summed E-state index contributed by atoms with van der Waals surface area (Å²) in [7, 11) is 0. The van der Waals surface area contributed by atoms with E-state index in [9.17, 15) is 0 Å². The summed E-state index contributed by atoms with van der Waals surface area (Å²) in [5, 5.41) is 8.31. The predicted molar refractivity (Wildman–Crippen MR) is 91.1 cm³/mol. The van der Waals surface area contributed by atoms with Gasteiger partial charge in [-0.15, -0.1) is 10.2 Å². The molecule has 1 aromatic heterocycles. The second-order valence-electron chi connectivity index (χ2n) is 6.46. The maximum Gasteiger partial charge on any atom is 0.253 e. The van der Waals surface area contributed by atoms with E-state index in [2.05, 4.69) is 30.6 Å². The molecule has 1 fully saturated rings. The van der Waals surface area contributed by atoms with Crippen molar-refractivity contribution in [1.29, 1.82) is 0 Å². The zero-order valence-electron chi connectivity index (χ0n) is 14.5. The fraction of sp³-hybridized carbons (Fsp3) is 0.474. The number of hydrogen-bond acceptors (Lipinski definition) is 5. The Morgan fingerprint density at radius 2 is 2.12 bits per heavy atom. The van der Waals surface area contributed by atoms with E-state index in [0.717, 1.165) is 30.8 Å². The first kappa shape index (κ1) is 16.7. The van der Waals surface area contributed by atoms with Gasteiger partial charge in [-0.05, 0) is 56.9 Å². The van der Waals surface area contributed by atoms with E-state index in [0.29, 0.717) is 11.8 Å². The van der Waals surface area contributed by atoms with Gasteiger partial charge >= 0.3 is 0 Å². The Kier molecular flexibility index (Phi) is 5.00. The molecule has 0 aliphatic carbocycles. The Balaban J connectivity index is 1.66. The van der Waals surface area contributed by atoms with Gasteiger partial charge in [-0.2, -0.15) is 0 Å². The third kappa shape index (κ3) is 3.67. The lowest BCUT2D eigenvalue weighted by atomic mass is 9.90. The van der Waals surface area contributed by atoms with Gasteiger partial charge < -0.3 is 13.9 Å². The summed E-state index contributed by atoms with van der Waals surface area (Å²) in [5.41, 5.74) is 3.43. The Labute approximate surface area is 142 Å². The summed E-state index contributed by atoms with van der Waals surface area (Å²) >= 11 is 0. The average Bonchev–Trinajstić information content (AvgIpc) is 3.05. The molecule has 5 nitrogen and oxygen atoms in total. The number of nitrogens with zero attached hydrogens (tertiary/aromatic N) is 2. The lowest BCUT2D eigenvalue weighted by Crippen LogP contribution is -2.28. The summed E-state index contributed by atoms with van der Waals surface area (Å²) in [6, 6.07) is 6.01. The largest absolute Gasteiger partial charge is 0.484 e. The first-order valence-corrected chi connectivity index (χ1v) is 8.34. The first-order chi connectivity index (χ1) is 11.5. The number of hydrogen-bond donors (Lipinski definition) is 0. The van der Waals surface area contributed by atoms with E-state index in [1.807, 2.05) is 25.1 Å². The second kappa shape index (κ2) is 7.18. The topological polar surface area (TPSA) is 57.4 Å². The molecule has 5 heteroatoms. The fourth-order valence-electron chi connectivity index (χ4n) is 2.94. The summed E-state index contributed by atoms with van der Waals surface area (Å²) in [6.45, 7) is 11.1. The molecule has 2 atom stereocenters. The SMILES string of the molecule is C=C(C)[C@@H]1OCCC[C@H]1c1nnc(COc2ccc(C)c(C)c2)o1. The molecule has 0 bridgehead atoms. The highest BCUT2D eigenvalue weighted by Gasteiger charge is 2.32. The minimum Gasteiger partial charge on any atom is -0.484 e. The molecule has 0 unspecified atom stereocenters. The Bertz CT molecular complexity index is 723. The van der Waals surface area contributed by atoms with Gasteiger partial charge in [0.2, 0.25) is 5.89 Å². The van der Waals surface area contributed by atoms with Crippen LogP contribution in [0, 0.1) is 13.8 Å². The highest BCUT2D eigenvalue weighted by atomic mass is 16.5. The summed E-state index contributed by atoms with van der Waals surface area (Å²) in [5.74, 6) is 1.98. The summed E-state index contributed by atoms with van der Waals surface area (Å²) in [6.07, 6.45) is 1.91. The van der Waals surface area contributed by atoms with E-state index in [1.54, 1.807) is 0 Å². The van der Waals surface area contributed by atoms with Crippen molar-refractivity contribution in [3.05, 3.63) is 53.3 Å². The third-order valence-corrected chi connectivity index (χ3v) is 4.45. The molecule has 2 heterocycles. The number of benzene rings is 1. The van der Waals surface area contributed by atoms with Gasteiger partial charge in [0.05, 0.1) is 12.0 Å². The quantitative estimate of drug-likeness (QED) is 0.773. The zero-order valence-corrected chi connectivity index (χ0v) is 14.5. The molecule has 0 radical (unpaired) electrons. The van der Waals surface area contributed by atoms with Crippen LogP contribution in [0.15, 0.2) is 34.8 Å². The minimum absolute atomic E-state index is 0.0484. The maximum atomic E-state index is 5.81. The molecule has 1 aromatic carbocycles. The zero-order chi connectivity index (χ0) is 17.1. The van der Waals surface area contributed by atoms with Gasteiger partial charge in [-0.1, -0.05) is 18.2 Å². The van der Waals surface area contributed by atoms with Crippen molar-refractivity contribution in [3.63, 3.8) is 0 Å². The Morgan fingerprint density at radius 1 is 1.29 bits per heavy atom. The van der Waals surface area contributed by atoms with Crippen molar-refractivity contribution in [1.82, 2.24) is 10.2 Å². The second-order valence-corrected chi connectivity index (χ2v) is 6.46. The van der Waals surface area contributed by atoms with E-state index >= 15 is 0 Å². The molecule has 0 spiro atoms. The standard InChI is InChI=1S/C19H24N2O3/c1-12(2)18-16(6-5-9-22-18)19-21-20-17(24-19)11-23-15-8-7-13(3)14(4)10-15/h7-8,10,16,18H,1,5-6,9,11H2,2-4H3/t16-,18+/m1/s1. The third-order valence-electron chi connectivity index (χ3n) is 4.45. The molecule has 2 aromatic rings. The molecule has 0 N–H and O–H groups in total. The number of rotatable bonds is 5. The van der Waals surface area contributed by atoms with Crippen LogP contribution in [0.5, 0.6) is 5.75 Å². The van der Waals surface area contributed by atoms with Crippen LogP contribution in [0.1, 0.15) is 48.6 Å². The minimum atomic E-state index is -0.0484. The average molecular weight is 328 g/mol. The summed E-state index contributed by atoms with van der Waals surface area (Å²) in [4.78, 5) is 0. The highest BCUT2D eigenvalue weighted by Crippen LogP contribution is 2.33. The van der Waals surface area contributed by atoms with Crippen molar-refractivity contribution in [3.8, 4) is 5.75 Å². The predicted octanol–water partition coefficient (Wildman–Crippen LogP) is 4.10. The van der Waals surface area contributed by atoms with Gasteiger partial charge in [-0.3, -0.25) is 0 Å². The maximum absolute atomic E-state index is 5.81. The van der Waals surface area contributed by atoms with E-state index in [1.165, 1.54) is 11.1 Å². The van der Waals surface area contributed by atoms with E-state index in [4.69, 9.17) is 13.9 Å². The van der Waals surface area contributed by atoms with E-state index in [-0.39, 0.29) is 18.6 Å².